The molecule has 0 bridgehead atoms. The topological polar surface area (TPSA) is 12.0 Å². The van der Waals surface area contributed by atoms with E-state index >= 15 is 0 Å². The average Bonchev–Trinajstić information content (AvgIpc) is 1.95. The molecule has 0 radical (unpaired) electrons. The Morgan fingerprint density at radius 1 is 1.25 bits per heavy atom. The van der Waals surface area contributed by atoms with E-state index in [0.717, 1.165) is 6.54 Å². The van der Waals surface area contributed by atoms with E-state index in [9.17, 15) is 0 Å². The molecule has 0 spiro atoms. The molecule has 0 saturated carbocycles. The highest BCUT2D eigenvalue weighted by atomic mass is 14.9. The van der Waals surface area contributed by atoms with Crippen molar-refractivity contribution in [2.75, 3.05) is 6.54 Å². The van der Waals surface area contributed by atoms with Crippen LogP contribution in [0.15, 0.2) is 0 Å². The molecule has 0 saturated heterocycles. The predicted molar refractivity (Wildman–Crippen MR) is 56.4 cm³/mol. The maximum Gasteiger partial charge on any atom is 0.00389 e. The minimum Gasteiger partial charge on any atom is -0.314 e. The fraction of sp³-hybridized carbons (Fsp3) is 1.00. The van der Waals surface area contributed by atoms with Gasteiger partial charge < -0.3 is 5.32 Å². The molecule has 0 rings (SSSR count). The SMILES string of the molecule is CCCC[C@H](C)NCC(C)(C)C. The van der Waals surface area contributed by atoms with Crippen LogP contribution in [0.5, 0.6) is 0 Å². The smallest absolute Gasteiger partial charge is 0.00389 e. The average molecular weight is 171 g/mol. The van der Waals surface area contributed by atoms with Crippen LogP contribution in [0.4, 0.5) is 0 Å². The summed E-state index contributed by atoms with van der Waals surface area (Å²) in [6.45, 7) is 12.5. The van der Waals surface area contributed by atoms with Gasteiger partial charge in [-0.05, 0) is 18.8 Å². The molecule has 0 aliphatic carbocycles. The second-order valence-corrected chi connectivity index (χ2v) is 4.98. The first-order chi connectivity index (χ1) is 5.45. The Hall–Kier alpha value is -0.0400. The summed E-state index contributed by atoms with van der Waals surface area (Å²) >= 11 is 0. The first-order valence-electron chi connectivity index (χ1n) is 5.19. The van der Waals surface area contributed by atoms with Crippen LogP contribution in [0.25, 0.3) is 0 Å². The quantitative estimate of drug-likeness (QED) is 0.670. The first kappa shape index (κ1) is 12.0. The van der Waals surface area contributed by atoms with Gasteiger partial charge in [-0.1, -0.05) is 40.5 Å². The summed E-state index contributed by atoms with van der Waals surface area (Å²) in [5, 5.41) is 3.56. The van der Waals surface area contributed by atoms with Gasteiger partial charge in [0.25, 0.3) is 0 Å². The van der Waals surface area contributed by atoms with Crippen LogP contribution in [-0.2, 0) is 0 Å². The van der Waals surface area contributed by atoms with Gasteiger partial charge in [0.1, 0.15) is 0 Å². The third-order valence-corrected chi connectivity index (χ3v) is 1.97. The van der Waals surface area contributed by atoms with E-state index in [1.54, 1.807) is 0 Å². The van der Waals surface area contributed by atoms with Gasteiger partial charge in [0, 0.05) is 12.6 Å². The van der Waals surface area contributed by atoms with Crippen molar-refractivity contribution in [2.24, 2.45) is 5.41 Å². The van der Waals surface area contributed by atoms with Crippen LogP contribution < -0.4 is 5.32 Å². The molecule has 0 fully saturated rings. The molecule has 74 valence electrons. The molecular weight excluding hydrogens is 146 g/mol. The van der Waals surface area contributed by atoms with E-state index in [0.29, 0.717) is 11.5 Å². The Labute approximate surface area is 77.9 Å². The van der Waals surface area contributed by atoms with E-state index in [1.807, 2.05) is 0 Å². The third-order valence-electron chi connectivity index (χ3n) is 1.97. The highest BCUT2D eigenvalue weighted by Gasteiger charge is 2.10. The van der Waals surface area contributed by atoms with Crippen LogP contribution in [0.1, 0.15) is 53.9 Å². The van der Waals surface area contributed by atoms with Crippen LogP contribution in [0.3, 0.4) is 0 Å². The standard InChI is InChI=1S/C11H25N/c1-6-7-8-10(2)12-9-11(3,4)5/h10,12H,6-9H2,1-5H3/t10-/m0/s1. The second-order valence-electron chi connectivity index (χ2n) is 4.98. The fourth-order valence-electron chi connectivity index (χ4n) is 1.09. The molecule has 0 heterocycles. The van der Waals surface area contributed by atoms with Gasteiger partial charge in [0.2, 0.25) is 0 Å². The summed E-state index contributed by atoms with van der Waals surface area (Å²) in [6.07, 6.45) is 3.96. The molecule has 1 atom stereocenters. The number of hydrogen-bond donors (Lipinski definition) is 1. The highest BCUT2D eigenvalue weighted by molar-refractivity contribution is 4.68. The van der Waals surface area contributed by atoms with Gasteiger partial charge in [-0.2, -0.15) is 0 Å². The van der Waals surface area contributed by atoms with E-state index < -0.39 is 0 Å². The van der Waals surface area contributed by atoms with Crippen LogP contribution >= 0.6 is 0 Å². The molecule has 0 aromatic carbocycles. The van der Waals surface area contributed by atoms with Crippen LogP contribution in [0, 0.1) is 5.41 Å². The van der Waals surface area contributed by atoms with Gasteiger partial charge in [-0.15, -0.1) is 0 Å². The molecule has 1 nitrogen and oxygen atoms in total. The predicted octanol–water partition coefficient (Wildman–Crippen LogP) is 3.20. The third kappa shape index (κ3) is 8.06. The number of unbranched alkanes of at least 4 members (excludes halogenated alkanes) is 1. The normalized spacial score (nSPS) is 14.8. The lowest BCUT2D eigenvalue weighted by molar-refractivity contribution is 0.348. The Bertz CT molecular complexity index is 102. The first-order valence-corrected chi connectivity index (χ1v) is 5.19. The molecule has 0 aromatic rings. The Kier molecular flexibility index (Phi) is 5.56. The zero-order chi connectivity index (χ0) is 9.61. The molecule has 0 amide bonds. The largest absolute Gasteiger partial charge is 0.314 e. The lowest BCUT2D eigenvalue weighted by Crippen LogP contribution is -2.33. The monoisotopic (exact) mass is 171 g/mol. The van der Waals surface area contributed by atoms with Gasteiger partial charge in [0.05, 0.1) is 0 Å². The van der Waals surface area contributed by atoms with Crippen molar-refractivity contribution in [3.8, 4) is 0 Å². The Morgan fingerprint density at radius 2 is 1.83 bits per heavy atom. The summed E-state index contributed by atoms with van der Waals surface area (Å²) in [6, 6.07) is 0.684. The molecule has 12 heavy (non-hydrogen) atoms. The molecule has 0 aliphatic heterocycles. The second kappa shape index (κ2) is 5.58. The summed E-state index contributed by atoms with van der Waals surface area (Å²) in [5.74, 6) is 0. The van der Waals surface area contributed by atoms with Crippen molar-refractivity contribution in [1.29, 1.82) is 0 Å². The number of nitrogens with one attached hydrogen (secondary N) is 1. The Morgan fingerprint density at radius 3 is 2.25 bits per heavy atom. The lowest BCUT2D eigenvalue weighted by atomic mass is 9.96. The van der Waals surface area contributed by atoms with Crippen LogP contribution in [-0.4, -0.2) is 12.6 Å². The molecule has 1 heteroatoms. The summed E-state index contributed by atoms with van der Waals surface area (Å²) in [5.41, 5.74) is 0.417. The van der Waals surface area contributed by atoms with Crippen molar-refractivity contribution in [3.63, 3.8) is 0 Å². The minimum atomic E-state index is 0.417. The highest BCUT2D eigenvalue weighted by Crippen LogP contribution is 2.11. The van der Waals surface area contributed by atoms with Crippen molar-refractivity contribution in [2.45, 2.75) is 59.9 Å². The van der Waals surface area contributed by atoms with E-state index in [1.165, 1.54) is 19.3 Å². The van der Waals surface area contributed by atoms with Crippen molar-refractivity contribution in [3.05, 3.63) is 0 Å². The van der Waals surface area contributed by atoms with E-state index in [4.69, 9.17) is 0 Å². The Balaban J connectivity index is 3.37. The fourth-order valence-corrected chi connectivity index (χ4v) is 1.09. The maximum absolute atomic E-state index is 3.56. The molecule has 0 unspecified atom stereocenters. The lowest BCUT2D eigenvalue weighted by Gasteiger charge is -2.22. The van der Waals surface area contributed by atoms with Gasteiger partial charge in [0.15, 0.2) is 0 Å². The van der Waals surface area contributed by atoms with Crippen molar-refractivity contribution in [1.82, 2.24) is 5.32 Å². The number of hydrogen-bond acceptors (Lipinski definition) is 1. The van der Waals surface area contributed by atoms with Crippen molar-refractivity contribution >= 4 is 0 Å². The van der Waals surface area contributed by atoms with Gasteiger partial charge >= 0.3 is 0 Å². The summed E-state index contributed by atoms with van der Waals surface area (Å²) in [7, 11) is 0. The van der Waals surface area contributed by atoms with Crippen LogP contribution in [0.2, 0.25) is 0 Å². The van der Waals surface area contributed by atoms with Crippen molar-refractivity contribution < 1.29 is 0 Å². The van der Waals surface area contributed by atoms with E-state index in [2.05, 4.69) is 39.9 Å². The zero-order valence-corrected chi connectivity index (χ0v) is 9.41. The summed E-state index contributed by atoms with van der Waals surface area (Å²) in [4.78, 5) is 0. The summed E-state index contributed by atoms with van der Waals surface area (Å²) < 4.78 is 0. The zero-order valence-electron chi connectivity index (χ0n) is 9.41. The van der Waals surface area contributed by atoms with Gasteiger partial charge in [-0.25, -0.2) is 0 Å². The minimum absolute atomic E-state index is 0.417. The number of rotatable bonds is 5. The van der Waals surface area contributed by atoms with Gasteiger partial charge in [-0.3, -0.25) is 0 Å². The maximum atomic E-state index is 3.56. The molecular formula is C11H25N. The van der Waals surface area contributed by atoms with E-state index in [-0.39, 0.29) is 0 Å². The molecule has 1 N–H and O–H groups in total. The molecule has 0 aliphatic rings. The molecule has 0 aromatic heterocycles.